The van der Waals surface area contributed by atoms with Crippen molar-refractivity contribution in [2.75, 3.05) is 0 Å². The molecule has 2 aromatic carbocycles. The maximum absolute atomic E-state index is 11.4. The number of hydrogen-bond donors (Lipinski definition) is 3. The molecule has 124 valence electrons. The maximum Gasteiger partial charge on any atom is 0.288 e. The minimum atomic E-state index is -0.611. The number of aromatic nitrogens is 2. The molecule has 0 amide bonds. The highest BCUT2D eigenvalue weighted by molar-refractivity contribution is 6.33. The van der Waals surface area contributed by atoms with Gasteiger partial charge in [0.05, 0.1) is 21.7 Å². The summed E-state index contributed by atoms with van der Waals surface area (Å²) in [5.74, 6) is -0.247. The second kappa shape index (κ2) is 5.32. The normalized spacial score (nSPS) is 11.2. The van der Waals surface area contributed by atoms with E-state index < -0.39 is 4.92 Å². The molecule has 4 rings (SSSR count). The van der Waals surface area contributed by atoms with Gasteiger partial charge < -0.3 is 15.1 Å². The Hall–Kier alpha value is -3.39. The summed E-state index contributed by atoms with van der Waals surface area (Å²) in [7, 11) is 0. The molecule has 0 fully saturated rings. The van der Waals surface area contributed by atoms with Gasteiger partial charge in [0.2, 0.25) is 0 Å². The van der Waals surface area contributed by atoms with Gasteiger partial charge in [-0.25, -0.2) is 0 Å². The van der Waals surface area contributed by atoms with Crippen molar-refractivity contribution < 1.29 is 10.0 Å². The van der Waals surface area contributed by atoms with E-state index in [4.69, 9.17) is 11.6 Å². The van der Waals surface area contributed by atoms with Crippen molar-refractivity contribution in [3.05, 3.63) is 56.4 Å². The lowest BCUT2D eigenvalue weighted by molar-refractivity contribution is -0.384. The summed E-state index contributed by atoms with van der Waals surface area (Å²) in [4.78, 5) is 27.7. The first-order valence-corrected chi connectivity index (χ1v) is 7.52. The number of fused-ring (bicyclic) bond motifs is 2. The fourth-order valence-electron chi connectivity index (χ4n) is 2.99. The molecule has 4 aromatic rings. The van der Waals surface area contributed by atoms with Crippen LogP contribution in [0, 0.1) is 15.0 Å². The SMILES string of the molecule is O=Nc1c(-c2c(O)[nH]c3cc(Cl)c([N+](=O)[O-])cc23)[nH]c2ccccc12. The van der Waals surface area contributed by atoms with E-state index in [1.54, 1.807) is 24.3 Å². The smallest absolute Gasteiger partial charge is 0.288 e. The number of aromatic amines is 2. The minimum absolute atomic E-state index is 0.0596. The molecule has 0 saturated heterocycles. The maximum atomic E-state index is 11.4. The molecule has 0 aliphatic carbocycles. The summed E-state index contributed by atoms with van der Waals surface area (Å²) in [5, 5.41) is 25.4. The quantitative estimate of drug-likeness (QED) is 0.272. The number of nitrogens with zero attached hydrogens (tertiary/aromatic N) is 2. The van der Waals surface area contributed by atoms with Crippen molar-refractivity contribution in [2.24, 2.45) is 5.18 Å². The van der Waals surface area contributed by atoms with Gasteiger partial charge in [0.25, 0.3) is 5.69 Å². The molecule has 9 heteroatoms. The van der Waals surface area contributed by atoms with Crippen molar-refractivity contribution >= 4 is 44.8 Å². The lowest BCUT2D eigenvalue weighted by Gasteiger charge is -2.00. The Morgan fingerprint density at radius 3 is 2.60 bits per heavy atom. The van der Waals surface area contributed by atoms with Crippen LogP contribution < -0.4 is 0 Å². The van der Waals surface area contributed by atoms with Gasteiger partial charge in [-0.1, -0.05) is 29.8 Å². The topological polar surface area (TPSA) is 124 Å². The highest BCUT2D eigenvalue weighted by Crippen LogP contribution is 2.45. The van der Waals surface area contributed by atoms with Crippen LogP contribution in [-0.4, -0.2) is 20.0 Å². The van der Waals surface area contributed by atoms with E-state index in [9.17, 15) is 20.1 Å². The Balaban J connectivity index is 2.11. The standard InChI is InChI=1S/C16H9ClN4O4/c17-9-6-11-8(5-12(9)21(24)25)13(16(22)19-11)15-14(20-23)7-3-1-2-4-10(7)18-15/h1-6,18-19,22H. The Kier molecular flexibility index (Phi) is 3.22. The van der Waals surface area contributed by atoms with E-state index >= 15 is 0 Å². The van der Waals surface area contributed by atoms with E-state index in [1.807, 2.05) is 0 Å². The molecule has 0 saturated carbocycles. The fraction of sp³-hybridized carbons (Fsp3) is 0. The molecule has 0 aliphatic rings. The van der Waals surface area contributed by atoms with Crippen molar-refractivity contribution in [1.82, 2.24) is 9.97 Å². The summed E-state index contributed by atoms with van der Waals surface area (Å²) < 4.78 is 0. The highest BCUT2D eigenvalue weighted by atomic mass is 35.5. The third kappa shape index (κ3) is 2.15. The second-order valence-electron chi connectivity index (χ2n) is 5.44. The van der Waals surface area contributed by atoms with Crippen LogP contribution in [0.4, 0.5) is 11.4 Å². The first-order valence-electron chi connectivity index (χ1n) is 7.14. The van der Waals surface area contributed by atoms with Crippen LogP contribution in [-0.2, 0) is 0 Å². The van der Waals surface area contributed by atoms with Crippen LogP contribution in [0.2, 0.25) is 5.02 Å². The molecular weight excluding hydrogens is 348 g/mol. The van der Waals surface area contributed by atoms with Gasteiger partial charge in [0, 0.05) is 22.4 Å². The number of nitro benzene ring substituents is 1. The van der Waals surface area contributed by atoms with Crippen LogP contribution in [0.5, 0.6) is 5.88 Å². The Bertz CT molecular complexity index is 1180. The van der Waals surface area contributed by atoms with Gasteiger partial charge in [-0.2, -0.15) is 0 Å². The number of hydrogen-bond acceptors (Lipinski definition) is 5. The fourth-order valence-corrected chi connectivity index (χ4v) is 3.22. The first-order chi connectivity index (χ1) is 12.0. The van der Waals surface area contributed by atoms with Gasteiger partial charge in [0.1, 0.15) is 10.7 Å². The van der Waals surface area contributed by atoms with Crippen molar-refractivity contribution in [1.29, 1.82) is 0 Å². The number of nitroso groups, excluding NO2 is 1. The molecule has 0 bridgehead atoms. The van der Waals surface area contributed by atoms with Crippen molar-refractivity contribution in [3.8, 4) is 17.1 Å². The number of halogens is 1. The highest BCUT2D eigenvalue weighted by Gasteiger charge is 2.24. The Morgan fingerprint density at radius 1 is 1.12 bits per heavy atom. The molecular formula is C16H9ClN4O4. The molecule has 0 spiro atoms. The van der Waals surface area contributed by atoms with Crippen LogP contribution in [0.15, 0.2) is 41.6 Å². The van der Waals surface area contributed by atoms with Gasteiger partial charge in [0.15, 0.2) is 5.88 Å². The molecule has 2 aromatic heterocycles. The van der Waals surface area contributed by atoms with Crippen LogP contribution in [0.25, 0.3) is 33.1 Å². The average molecular weight is 357 g/mol. The molecule has 25 heavy (non-hydrogen) atoms. The number of benzene rings is 2. The predicted molar refractivity (Wildman–Crippen MR) is 94.4 cm³/mol. The Labute approximate surface area is 144 Å². The number of nitrogens with one attached hydrogen (secondary N) is 2. The Morgan fingerprint density at radius 2 is 1.88 bits per heavy atom. The second-order valence-corrected chi connectivity index (χ2v) is 5.85. The lowest BCUT2D eigenvalue weighted by Crippen LogP contribution is -1.89. The minimum Gasteiger partial charge on any atom is -0.494 e. The van der Waals surface area contributed by atoms with E-state index in [0.29, 0.717) is 21.8 Å². The summed E-state index contributed by atoms with van der Waals surface area (Å²) in [6, 6.07) is 9.64. The molecule has 2 heterocycles. The van der Waals surface area contributed by atoms with Gasteiger partial charge in [-0.15, -0.1) is 4.91 Å². The van der Waals surface area contributed by atoms with Crippen LogP contribution in [0.3, 0.4) is 0 Å². The summed E-state index contributed by atoms with van der Waals surface area (Å²) in [5.41, 5.74) is 1.37. The summed E-state index contributed by atoms with van der Waals surface area (Å²) >= 11 is 5.91. The largest absolute Gasteiger partial charge is 0.494 e. The third-order valence-corrected chi connectivity index (χ3v) is 4.37. The summed E-state index contributed by atoms with van der Waals surface area (Å²) in [6.45, 7) is 0. The molecule has 8 nitrogen and oxygen atoms in total. The van der Waals surface area contributed by atoms with Crippen molar-refractivity contribution in [3.63, 3.8) is 0 Å². The average Bonchev–Trinajstić information content (AvgIpc) is 3.09. The van der Waals surface area contributed by atoms with Gasteiger partial charge in [-0.05, 0) is 17.3 Å². The van der Waals surface area contributed by atoms with Crippen molar-refractivity contribution in [2.45, 2.75) is 0 Å². The number of aromatic hydroxyl groups is 1. The predicted octanol–water partition coefficient (Wildman–Crippen LogP) is 4.98. The third-order valence-electron chi connectivity index (χ3n) is 4.06. The van der Waals surface area contributed by atoms with Gasteiger partial charge in [-0.3, -0.25) is 10.1 Å². The zero-order valence-electron chi connectivity index (χ0n) is 12.4. The van der Waals surface area contributed by atoms with Crippen LogP contribution in [0.1, 0.15) is 0 Å². The molecule has 0 aliphatic heterocycles. The monoisotopic (exact) mass is 356 g/mol. The first kappa shape index (κ1) is 15.2. The number of nitro groups is 1. The van der Waals surface area contributed by atoms with Crippen LogP contribution >= 0.6 is 11.6 Å². The molecule has 3 N–H and O–H groups in total. The van der Waals surface area contributed by atoms with E-state index in [2.05, 4.69) is 15.1 Å². The van der Waals surface area contributed by atoms with Gasteiger partial charge >= 0.3 is 0 Å². The van der Waals surface area contributed by atoms with E-state index in [0.717, 1.165) is 0 Å². The van der Waals surface area contributed by atoms with E-state index in [1.165, 1.54) is 12.1 Å². The number of H-pyrrole nitrogens is 2. The molecule has 0 radical (unpaired) electrons. The van der Waals surface area contributed by atoms with E-state index in [-0.39, 0.29) is 33.5 Å². The number of para-hydroxylation sites is 1. The number of rotatable bonds is 3. The molecule has 0 unspecified atom stereocenters. The zero-order valence-corrected chi connectivity index (χ0v) is 13.2. The summed E-state index contributed by atoms with van der Waals surface area (Å²) in [6.07, 6.45) is 0. The molecule has 0 atom stereocenters. The zero-order chi connectivity index (χ0) is 17.7. The lowest BCUT2D eigenvalue weighted by atomic mass is 10.1.